The molecule has 1 aromatic rings. The molecule has 5 heteroatoms. The zero-order chi connectivity index (χ0) is 12.3. The molecule has 90 valence electrons. The summed E-state index contributed by atoms with van der Waals surface area (Å²) in [7, 11) is 0. The lowest BCUT2D eigenvalue weighted by atomic mass is 10.1. The first-order valence-corrected chi connectivity index (χ1v) is 6.66. The number of hydrogen-bond acceptors (Lipinski definition) is 4. The SMILES string of the molecule is CSc1ccc(NC2CCC(=O)NC2=O)cc1. The van der Waals surface area contributed by atoms with E-state index in [4.69, 9.17) is 0 Å². The second-order valence-corrected chi connectivity index (χ2v) is 4.76. The zero-order valence-electron chi connectivity index (χ0n) is 9.53. The minimum atomic E-state index is -0.312. The van der Waals surface area contributed by atoms with Gasteiger partial charge in [-0.1, -0.05) is 0 Å². The molecule has 0 spiro atoms. The van der Waals surface area contributed by atoms with Gasteiger partial charge in [0.05, 0.1) is 0 Å². The van der Waals surface area contributed by atoms with Crippen LogP contribution in [0.25, 0.3) is 0 Å². The number of benzene rings is 1. The standard InChI is InChI=1S/C12H14N2O2S/c1-17-9-4-2-8(3-5-9)13-10-6-7-11(15)14-12(10)16/h2-5,10,13H,6-7H2,1H3,(H,14,15,16). The Bertz CT molecular complexity index is 431. The monoisotopic (exact) mass is 250 g/mol. The predicted octanol–water partition coefficient (Wildman–Crippen LogP) is 1.63. The van der Waals surface area contributed by atoms with Crippen LogP contribution in [0.5, 0.6) is 0 Å². The molecule has 1 saturated heterocycles. The number of rotatable bonds is 3. The molecule has 0 aromatic heterocycles. The topological polar surface area (TPSA) is 58.2 Å². The summed E-state index contributed by atoms with van der Waals surface area (Å²) >= 11 is 1.67. The van der Waals surface area contributed by atoms with Gasteiger partial charge in [0.15, 0.2) is 0 Å². The fourth-order valence-electron chi connectivity index (χ4n) is 1.72. The van der Waals surface area contributed by atoms with Crippen LogP contribution in [0.1, 0.15) is 12.8 Å². The number of anilines is 1. The predicted molar refractivity (Wildman–Crippen MR) is 68.0 cm³/mol. The summed E-state index contributed by atoms with van der Waals surface area (Å²) in [4.78, 5) is 23.7. The lowest BCUT2D eigenvalue weighted by Crippen LogP contribution is -2.47. The highest BCUT2D eigenvalue weighted by molar-refractivity contribution is 7.98. The lowest BCUT2D eigenvalue weighted by molar-refractivity contribution is -0.133. The number of thioether (sulfide) groups is 1. The quantitative estimate of drug-likeness (QED) is 0.632. The molecule has 1 aromatic carbocycles. The van der Waals surface area contributed by atoms with Crippen molar-refractivity contribution in [3.8, 4) is 0 Å². The smallest absolute Gasteiger partial charge is 0.249 e. The van der Waals surface area contributed by atoms with Crippen LogP contribution < -0.4 is 10.6 Å². The van der Waals surface area contributed by atoms with Crippen LogP contribution in [0, 0.1) is 0 Å². The van der Waals surface area contributed by atoms with Crippen LogP contribution in [0.2, 0.25) is 0 Å². The zero-order valence-corrected chi connectivity index (χ0v) is 10.3. The van der Waals surface area contributed by atoms with E-state index in [1.54, 1.807) is 11.8 Å². The highest BCUT2D eigenvalue weighted by atomic mass is 32.2. The van der Waals surface area contributed by atoms with Crippen molar-refractivity contribution >= 4 is 29.3 Å². The van der Waals surface area contributed by atoms with Crippen molar-refractivity contribution in [1.29, 1.82) is 0 Å². The summed E-state index contributed by atoms with van der Waals surface area (Å²) in [5, 5.41) is 5.46. The van der Waals surface area contributed by atoms with E-state index in [1.807, 2.05) is 30.5 Å². The molecule has 1 fully saturated rings. The molecular weight excluding hydrogens is 236 g/mol. The van der Waals surface area contributed by atoms with E-state index in [0.717, 1.165) is 5.69 Å². The molecule has 0 aliphatic carbocycles. The van der Waals surface area contributed by atoms with Gasteiger partial charge >= 0.3 is 0 Å². The molecule has 2 amide bonds. The van der Waals surface area contributed by atoms with E-state index in [0.29, 0.717) is 12.8 Å². The van der Waals surface area contributed by atoms with Crippen LogP contribution in [-0.2, 0) is 9.59 Å². The van der Waals surface area contributed by atoms with Crippen LogP contribution in [-0.4, -0.2) is 24.1 Å². The van der Waals surface area contributed by atoms with Gasteiger partial charge in [-0.2, -0.15) is 0 Å². The fourth-order valence-corrected chi connectivity index (χ4v) is 2.13. The van der Waals surface area contributed by atoms with Crippen LogP contribution in [0.15, 0.2) is 29.2 Å². The van der Waals surface area contributed by atoms with E-state index in [9.17, 15) is 9.59 Å². The van der Waals surface area contributed by atoms with Gasteiger partial charge in [0.2, 0.25) is 11.8 Å². The second-order valence-electron chi connectivity index (χ2n) is 3.88. The third-order valence-corrected chi connectivity index (χ3v) is 3.41. The molecule has 0 bridgehead atoms. The maximum Gasteiger partial charge on any atom is 0.249 e. The van der Waals surface area contributed by atoms with Gasteiger partial charge in [0, 0.05) is 17.0 Å². The minimum Gasteiger partial charge on any atom is -0.374 e. The van der Waals surface area contributed by atoms with Gasteiger partial charge in [-0.25, -0.2) is 0 Å². The van der Waals surface area contributed by atoms with Crippen LogP contribution >= 0.6 is 11.8 Å². The van der Waals surface area contributed by atoms with Crippen molar-refractivity contribution in [3.63, 3.8) is 0 Å². The maximum absolute atomic E-state index is 11.5. The number of amides is 2. The largest absolute Gasteiger partial charge is 0.374 e. The van der Waals surface area contributed by atoms with Gasteiger partial charge in [0.1, 0.15) is 6.04 Å². The molecule has 2 rings (SSSR count). The van der Waals surface area contributed by atoms with Crippen molar-refractivity contribution in [2.75, 3.05) is 11.6 Å². The molecule has 1 aliphatic rings. The molecule has 1 atom stereocenters. The molecular formula is C12H14N2O2S. The molecule has 17 heavy (non-hydrogen) atoms. The van der Waals surface area contributed by atoms with Gasteiger partial charge < -0.3 is 5.32 Å². The summed E-state index contributed by atoms with van der Waals surface area (Å²) in [6.45, 7) is 0. The van der Waals surface area contributed by atoms with Crippen molar-refractivity contribution in [1.82, 2.24) is 5.32 Å². The third kappa shape index (κ3) is 3.00. The summed E-state index contributed by atoms with van der Waals surface area (Å²) in [6.07, 6.45) is 2.96. The maximum atomic E-state index is 11.5. The number of carbonyl (C=O) groups excluding carboxylic acids is 2. The van der Waals surface area contributed by atoms with Crippen molar-refractivity contribution in [2.45, 2.75) is 23.8 Å². The summed E-state index contributed by atoms with van der Waals surface area (Å²) in [5.74, 6) is -0.430. The fraction of sp³-hybridized carbons (Fsp3) is 0.333. The molecule has 4 nitrogen and oxygen atoms in total. The number of piperidine rings is 1. The Morgan fingerprint density at radius 1 is 1.29 bits per heavy atom. The Hall–Kier alpha value is -1.49. The lowest BCUT2D eigenvalue weighted by Gasteiger charge is -2.22. The highest BCUT2D eigenvalue weighted by Crippen LogP contribution is 2.19. The van der Waals surface area contributed by atoms with Gasteiger partial charge in [0.25, 0.3) is 0 Å². The van der Waals surface area contributed by atoms with Crippen molar-refractivity contribution in [3.05, 3.63) is 24.3 Å². The van der Waals surface area contributed by atoms with Crippen molar-refractivity contribution in [2.24, 2.45) is 0 Å². The average molecular weight is 250 g/mol. The molecule has 0 radical (unpaired) electrons. The average Bonchev–Trinajstić information content (AvgIpc) is 2.34. The number of imide groups is 1. The highest BCUT2D eigenvalue weighted by Gasteiger charge is 2.26. The normalized spacial score (nSPS) is 19.9. The number of carbonyl (C=O) groups is 2. The van der Waals surface area contributed by atoms with Crippen LogP contribution in [0.4, 0.5) is 5.69 Å². The van der Waals surface area contributed by atoms with E-state index in [2.05, 4.69) is 10.6 Å². The number of hydrogen-bond donors (Lipinski definition) is 2. The number of nitrogens with one attached hydrogen (secondary N) is 2. The van der Waals surface area contributed by atoms with Gasteiger partial charge in [-0.05, 0) is 36.9 Å². The van der Waals surface area contributed by atoms with Crippen molar-refractivity contribution < 1.29 is 9.59 Å². The first-order valence-electron chi connectivity index (χ1n) is 5.43. The summed E-state index contributed by atoms with van der Waals surface area (Å²) in [5.41, 5.74) is 0.900. The first-order chi connectivity index (χ1) is 8.19. The summed E-state index contributed by atoms with van der Waals surface area (Å²) in [6, 6.07) is 7.57. The van der Waals surface area contributed by atoms with Gasteiger partial charge in [-0.3, -0.25) is 14.9 Å². The second kappa shape index (κ2) is 5.23. The Morgan fingerprint density at radius 2 is 2.00 bits per heavy atom. The molecule has 2 N–H and O–H groups in total. The summed E-state index contributed by atoms with van der Waals surface area (Å²) < 4.78 is 0. The Balaban J connectivity index is 2.00. The van der Waals surface area contributed by atoms with Crippen LogP contribution in [0.3, 0.4) is 0 Å². The molecule has 1 heterocycles. The van der Waals surface area contributed by atoms with E-state index >= 15 is 0 Å². The van der Waals surface area contributed by atoms with E-state index in [-0.39, 0.29) is 17.9 Å². The van der Waals surface area contributed by atoms with E-state index in [1.165, 1.54) is 4.90 Å². The Kier molecular flexibility index (Phi) is 3.68. The third-order valence-electron chi connectivity index (χ3n) is 2.67. The van der Waals surface area contributed by atoms with Gasteiger partial charge in [-0.15, -0.1) is 11.8 Å². The molecule has 1 aliphatic heterocycles. The first kappa shape index (κ1) is 12.0. The molecule has 0 saturated carbocycles. The van der Waals surface area contributed by atoms with E-state index < -0.39 is 0 Å². The minimum absolute atomic E-state index is 0.189. The molecule has 1 unspecified atom stereocenters. The Labute approximate surface area is 104 Å². The Morgan fingerprint density at radius 3 is 2.59 bits per heavy atom.